The number of hydrogen-bond donors (Lipinski definition) is 0. The molecule has 292 valence electrons. The molecular weight excluding hydrogens is 769 g/mol. The first-order chi connectivity index (χ1) is 32.8. The summed E-state index contributed by atoms with van der Waals surface area (Å²) in [5.41, 5.74) is 8.98. The molecule has 12 rings (SSSR count). The SMILES string of the molecule is [2H]c1c([2H])c([2H])c(C2(c3ccc4c(c3)sc3ccccc34)c3ccc(N(c4ccccc4)c4ccccc4)cc3-c3cc(N(c4ccccc4)c4cccc5ccccc45)ccc32)c([2H])c1[2H]. The van der Waals surface area contributed by atoms with Crippen LogP contribution in [-0.4, -0.2) is 0 Å². The third-order valence-corrected chi connectivity index (χ3v) is 13.5. The van der Waals surface area contributed by atoms with Gasteiger partial charge in [0.05, 0.1) is 18.0 Å². The zero-order chi connectivity index (χ0) is 45.4. The van der Waals surface area contributed by atoms with E-state index in [-0.39, 0.29) is 29.7 Å². The summed E-state index contributed by atoms with van der Waals surface area (Å²) in [6.45, 7) is 0. The first kappa shape index (κ1) is 31.2. The van der Waals surface area contributed by atoms with E-state index in [1.54, 1.807) is 11.3 Å². The monoisotopic (exact) mass is 813 g/mol. The Kier molecular flexibility index (Phi) is 7.43. The largest absolute Gasteiger partial charge is 0.310 e. The van der Waals surface area contributed by atoms with Crippen molar-refractivity contribution in [2.75, 3.05) is 9.80 Å². The van der Waals surface area contributed by atoms with Gasteiger partial charge in [-0.1, -0.05) is 164 Å². The van der Waals surface area contributed by atoms with E-state index >= 15 is 0 Å². The fourth-order valence-corrected chi connectivity index (χ4v) is 10.9. The molecule has 0 aliphatic heterocycles. The van der Waals surface area contributed by atoms with E-state index in [2.05, 4.69) is 180 Å². The Labute approximate surface area is 372 Å². The second kappa shape index (κ2) is 14.8. The minimum Gasteiger partial charge on any atom is -0.310 e. The van der Waals surface area contributed by atoms with E-state index < -0.39 is 11.5 Å². The number of anilines is 6. The molecule has 0 bridgehead atoms. The topological polar surface area (TPSA) is 6.48 Å². The smallest absolute Gasteiger partial charge is 0.0714 e. The third-order valence-electron chi connectivity index (χ3n) is 12.4. The van der Waals surface area contributed by atoms with Crippen LogP contribution in [0.1, 0.15) is 29.1 Å². The van der Waals surface area contributed by atoms with Crippen molar-refractivity contribution in [2.24, 2.45) is 0 Å². The molecule has 0 saturated carbocycles. The van der Waals surface area contributed by atoms with Gasteiger partial charge in [-0.05, 0) is 118 Å². The summed E-state index contributed by atoms with van der Waals surface area (Å²) in [4.78, 5) is 4.53. The van der Waals surface area contributed by atoms with Crippen LogP contribution < -0.4 is 9.80 Å². The fraction of sp³-hybridized carbons (Fsp3) is 0.0169. The van der Waals surface area contributed by atoms with Crippen LogP contribution in [0.5, 0.6) is 0 Å². The van der Waals surface area contributed by atoms with E-state index in [0.29, 0.717) is 0 Å². The van der Waals surface area contributed by atoms with Gasteiger partial charge in [0.2, 0.25) is 0 Å². The Morgan fingerprint density at radius 2 is 0.903 bits per heavy atom. The Hall–Kier alpha value is -7.72. The highest BCUT2D eigenvalue weighted by atomic mass is 32.1. The number of para-hydroxylation sites is 3. The lowest BCUT2D eigenvalue weighted by molar-refractivity contribution is 0.770. The van der Waals surface area contributed by atoms with Crippen LogP contribution in [0.15, 0.2) is 243 Å². The average molecular weight is 814 g/mol. The predicted octanol–water partition coefficient (Wildman–Crippen LogP) is 16.5. The van der Waals surface area contributed by atoms with Gasteiger partial charge < -0.3 is 9.80 Å². The summed E-state index contributed by atoms with van der Waals surface area (Å²) in [5.74, 6) is 0. The maximum Gasteiger partial charge on any atom is 0.0714 e. The molecule has 0 amide bonds. The maximum atomic E-state index is 9.77. The van der Waals surface area contributed by atoms with E-state index in [4.69, 9.17) is 4.11 Å². The van der Waals surface area contributed by atoms with Crippen molar-refractivity contribution in [2.45, 2.75) is 5.41 Å². The minimum atomic E-state index is -1.33. The predicted molar refractivity (Wildman–Crippen MR) is 264 cm³/mol. The summed E-state index contributed by atoms with van der Waals surface area (Å²) < 4.78 is 48.8. The van der Waals surface area contributed by atoms with Gasteiger partial charge in [0, 0.05) is 54.0 Å². The second-order valence-corrected chi connectivity index (χ2v) is 16.8. The molecule has 0 N–H and O–H groups in total. The van der Waals surface area contributed by atoms with Crippen LogP contribution in [0.25, 0.3) is 42.1 Å². The van der Waals surface area contributed by atoms with Gasteiger partial charge in [-0.3, -0.25) is 0 Å². The van der Waals surface area contributed by atoms with Gasteiger partial charge in [0.25, 0.3) is 0 Å². The quantitative estimate of drug-likeness (QED) is 0.151. The van der Waals surface area contributed by atoms with E-state index in [1.807, 2.05) is 42.5 Å². The standard InChI is InChI=1S/C59H40N2S/c1-5-20-42(21-6-1)59(43-32-35-51-50-29-15-16-31-57(50)62-58(51)38-43)54-36-33-47(60(44-22-7-2-8-23-44)45-24-9-3-10-25-45)39-52(54)53-40-48(34-37-55(53)59)61(46-26-11-4-12-27-46)56-30-17-19-41-18-13-14-28-49(41)56/h1-40H/i1D,5D,6D,20D,21D. The van der Waals surface area contributed by atoms with Crippen LogP contribution in [0.2, 0.25) is 0 Å². The summed E-state index contributed by atoms with van der Waals surface area (Å²) in [6, 6.07) is 71.9. The van der Waals surface area contributed by atoms with Crippen LogP contribution in [0.3, 0.4) is 0 Å². The van der Waals surface area contributed by atoms with Crippen molar-refractivity contribution in [3.05, 3.63) is 265 Å². The zero-order valence-electron chi connectivity index (χ0n) is 38.5. The molecule has 1 unspecified atom stereocenters. The Balaban J connectivity index is 1.21. The van der Waals surface area contributed by atoms with Gasteiger partial charge in [0.1, 0.15) is 0 Å². The Morgan fingerprint density at radius 3 is 1.56 bits per heavy atom. The van der Waals surface area contributed by atoms with Crippen molar-refractivity contribution in [1.82, 2.24) is 0 Å². The normalized spacial score (nSPS) is 15.3. The van der Waals surface area contributed by atoms with E-state index in [9.17, 15) is 2.74 Å². The van der Waals surface area contributed by atoms with Gasteiger partial charge in [-0.2, -0.15) is 0 Å². The Morgan fingerprint density at radius 1 is 0.371 bits per heavy atom. The van der Waals surface area contributed by atoms with Crippen LogP contribution in [-0.2, 0) is 5.41 Å². The molecular formula is C59H40N2S. The molecule has 1 atom stereocenters. The molecule has 1 aromatic heterocycles. The highest BCUT2D eigenvalue weighted by molar-refractivity contribution is 7.25. The Bertz CT molecular complexity index is 3650. The van der Waals surface area contributed by atoms with E-state index in [1.165, 1.54) is 0 Å². The van der Waals surface area contributed by atoms with Gasteiger partial charge in [-0.15, -0.1) is 11.3 Å². The number of nitrogens with zero attached hydrogens (tertiary/aromatic N) is 2. The van der Waals surface area contributed by atoms with Gasteiger partial charge >= 0.3 is 0 Å². The molecule has 0 radical (unpaired) electrons. The summed E-state index contributed by atoms with van der Waals surface area (Å²) in [7, 11) is 0. The number of hydrogen-bond acceptors (Lipinski definition) is 3. The average Bonchev–Trinajstić information content (AvgIpc) is 3.89. The molecule has 62 heavy (non-hydrogen) atoms. The second-order valence-electron chi connectivity index (χ2n) is 15.7. The fourth-order valence-electron chi connectivity index (χ4n) is 9.72. The molecule has 1 heterocycles. The van der Waals surface area contributed by atoms with Crippen molar-refractivity contribution in [1.29, 1.82) is 0 Å². The first-order valence-corrected chi connectivity index (χ1v) is 21.7. The maximum absolute atomic E-state index is 9.77. The van der Waals surface area contributed by atoms with E-state index in [0.717, 1.165) is 92.9 Å². The lowest BCUT2D eigenvalue weighted by Gasteiger charge is -2.34. The lowest BCUT2D eigenvalue weighted by Crippen LogP contribution is -2.28. The number of thiophene rings is 1. The summed E-state index contributed by atoms with van der Waals surface area (Å²) in [5, 5.41) is 4.49. The molecule has 10 aromatic carbocycles. The number of fused-ring (bicyclic) bond motifs is 7. The number of rotatable bonds is 8. The molecule has 3 heteroatoms. The molecule has 0 saturated heterocycles. The molecule has 0 spiro atoms. The van der Waals surface area contributed by atoms with Crippen LogP contribution in [0, 0.1) is 0 Å². The number of benzene rings is 10. The molecule has 2 nitrogen and oxygen atoms in total. The van der Waals surface area contributed by atoms with Gasteiger partial charge in [-0.25, -0.2) is 0 Å². The highest BCUT2D eigenvalue weighted by Crippen LogP contribution is 2.59. The summed E-state index contributed by atoms with van der Waals surface area (Å²) >= 11 is 1.70. The lowest BCUT2D eigenvalue weighted by atomic mass is 9.67. The zero-order valence-corrected chi connectivity index (χ0v) is 34.3. The van der Waals surface area contributed by atoms with Crippen molar-refractivity contribution >= 4 is 76.4 Å². The summed E-state index contributed by atoms with van der Waals surface area (Å²) in [6.07, 6.45) is 0. The van der Waals surface area contributed by atoms with Crippen LogP contribution in [0.4, 0.5) is 34.1 Å². The van der Waals surface area contributed by atoms with Crippen molar-refractivity contribution in [3.8, 4) is 11.1 Å². The highest BCUT2D eigenvalue weighted by Gasteiger charge is 2.47. The van der Waals surface area contributed by atoms with Crippen molar-refractivity contribution < 1.29 is 6.85 Å². The van der Waals surface area contributed by atoms with Crippen LogP contribution >= 0.6 is 11.3 Å². The molecule has 0 fully saturated rings. The van der Waals surface area contributed by atoms with Crippen molar-refractivity contribution in [3.63, 3.8) is 0 Å². The minimum absolute atomic E-state index is 0.219. The molecule has 1 aliphatic carbocycles. The third kappa shape index (κ3) is 5.70. The molecule has 1 aliphatic rings. The molecule has 11 aromatic rings. The first-order valence-electron chi connectivity index (χ1n) is 23.3. The van der Waals surface area contributed by atoms with Gasteiger partial charge in [0.15, 0.2) is 0 Å².